The molecule has 11 nitrogen and oxygen atoms in total. The van der Waals surface area contributed by atoms with E-state index in [1.807, 2.05) is 32.9 Å². The summed E-state index contributed by atoms with van der Waals surface area (Å²) in [4.78, 5) is 50.7. The van der Waals surface area contributed by atoms with Crippen molar-refractivity contribution < 1.29 is 28.3 Å². The maximum absolute atomic E-state index is 13.7. The van der Waals surface area contributed by atoms with Crippen LogP contribution in [0.15, 0.2) is 40.8 Å². The number of thiazole rings is 1. The molecule has 1 aliphatic rings. The highest BCUT2D eigenvalue weighted by Gasteiger charge is 2.27. The van der Waals surface area contributed by atoms with Crippen LogP contribution in [-0.2, 0) is 16.1 Å². The highest BCUT2D eigenvalue weighted by Crippen LogP contribution is 2.33. The molecule has 5 rings (SSSR count). The Labute approximate surface area is 253 Å². The number of hydrogen-bond acceptors (Lipinski definition) is 9. The van der Waals surface area contributed by atoms with E-state index in [4.69, 9.17) is 13.9 Å². The second kappa shape index (κ2) is 12.8. The van der Waals surface area contributed by atoms with Crippen molar-refractivity contribution >= 4 is 39.3 Å². The van der Waals surface area contributed by atoms with Crippen molar-refractivity contribution in [2.45, 2.75) is 46.7 Å². The molecule has 2 N–H and O–H groups in total. The minimum atomic E-state index is -0.806. The standard InChI is InChI=1S/C31H35N5O6S/c1-17(2)28-29(38)32-15-23-18(3)42-30(34-23)20-8-10-24(40-5)25(13-20)41-12-6-11-36(16-27(37)35-28)31(39)21-7-9-22-26(14-21)43-19(4)33-22/h7-10,13-14,17,28H,6,11-12,15-16H2,1-5H3,(H,32,38)(H,35,37)/t28-/m0/s1. The van der Waals surface area contributed by atoms with Crippen molar-refractivity contribution in [3.63, 3.8) is 0 Å². The summed E-state index contributed by atoms with van der Waals surface area (Å²) in [6, 6.07) is 9.91. The number of carbonyl (C=O) groups is 3. The van der Waals surface area contributed by atoms with Gasteiger partial charge in [-0.05, 0) is 62.6 Å². The Kier molecular flexibility index (Phi) is 8.95. The van der Waals surface area contributed by atoms with Gasteiger partial charge in [0.25, 0.3) is 5.91 Å². The highest BCUT2D eigenvalue weighted by atomic mass is 32.1. The van der Waals surface area contributed by atoms with Gasteiger partial charge in [-0.1, -0.05) is 13.8 Å². The fourth-order valence-corrected chi connectivity index (χ4v) is 5.76. The van der Waals surface area contributed by atoms with E-state index in [1.54, 1.807) is 38.3 Å². The van der Waals surface area contributed by atoms with Crippen LogP contribution in [0.5, 0.6) is 11.5 Å². The Balaban J connectivity index is 1.45. The molecule has 2 aromatic carbocycles. The summed E-state index contributed by atoms with van der Waals surface area (Å²) in [7, 11) is 1.56. The lowest BCUT2D eigenvalue weighted by Gasteiger charge is -2.26. The molecule has 1 aliphatic heterocycles. The first-order valence-corrected chi connectivity index (χ1v) is 15.0. The Morgan fingerprint density at radius 1 is 1.14 bits per heavy atom. The van der Waals surface area contributed by atoms with E-state index in [9.17, 15) is 14.4 Å². The van der Waals surface area contributed by atoms with Gasteiger partial charge in [0.15, 0.2) is 11.5 Å². The zero-order valence-electron chi connectivity index (χ0n) is 24.9. The van der Waals surface area contributed by atoms with Crippen LogP contribution in [0.2, 0.25) is 0 Å². The molecule has 4 bridgehead atoms. The number of amides is 3. The molecule has 1 atom stereocenters. The largest absolute Gasteiger partial charge is 0.493 e. The van der Waals surface area contributed by atoms with Gasteiger partial charge in [-0.2, -0.15) is 0 Å². The van der Waals surface area contributed by atoms with Gasteiger partial charge in [0, 0.05) is 17.7 Å². The first kappa shape index (κ1) is 30.0. The maximum Gasteiger partial charge on any atom is 0.254 e. The van der Waals surface area contributed by atoms with Gasteiger partial charge in [0.1, 0.15) is 17.5 Å². The molecule has 12 heteroatoms. The SMILES string of the molecule is COc1ccc2cc1OCCCN(C(=O)c1ccc3nc(C)sc3c1)CC(=O)N[C@@H](C(C)C)C(=O)NCc1nc-2oc1C. The van der Waals surface area contributed by atoms with Gasteiger partial charge in [0.2, 0.25) is 17.7 Å². The minimum Gasteiger partial charge on any atom is -0.493 e. The minimum absolute atomic E-state index is 0.122. The number of nitrogens with one attached hydrogen (secondary N) is 2. The lowest BCUT2D eigenvalue weighted by atomic mass is 10.0. The summed E-state index contributed by atoms with van der Waals surface area (Å²) >= 11 is 1.51. The van der Waals surface area contributed by atoms with Crippen molar-refractivity contribution in [3.05, 3.63) is 58.4 Å². The van der Waals surface area contributed by atoms with E-state index in [0.29, 0.717) is 46.4 Å². The molecule has 43 heavy (non-hydrogen) atoms. The molecule has 3 heterocycles. The van der Waals surface area contributed by atoms with Crippen LogP contribution in [0.3, 0.4) is 0 Å². The third-order valence-corrected chi connectivity index (χ3v) is 8.13. The number of ether oxygens (including phenoxy) is 2. The molecule has 226 valence electrons. The Morgan fingerprint density at radius 2 is 1.95 bits per heavy atom. The van der Waals surface area contributed by atoms with Gasteiger partial charge in [-0.15, -0.1) is 11.3 Å². The van der Waals surface area contributed by atoms with Crippen LogP contribution >= 0.6 is 11.3 Å². The number of oxazole rings is 1. The fraction of sp³-hybridized carbons (Fsp3) is 0.387. The maximum atomic E-state index is 13.7. The van der Waals surface area contributed by atoms with Crippen molar-refractivity contribution in [2.24, 2.45) is 5.92 Å². The lowest BCUT2D eigenvalue weighted by Crippen LogP contribution is -2.52. The number of methoxy groups -OCH3 is 1. The van der Waals surface area contributed by atoms with Gasteiger partial charge in [0.05, 0.1) is 42.0 Å². The quantitative estimate of drug-likeness (QED) is 0.354. The van der Waals surface area contributed by atoms with E-state index in [1.165, 1.54) is 16.2 Å². The van der Waals surface area contributed by atoms with Crippen molar-refractivity contribution in [1.82, 2.24) is 25.5 Å². The number of rotatable bonds is 3. The predicted octanol–water partition coefficient (Wildman–Crippen LogP) is 4.26. The average molecular weight is 606 g/mol. The number of carbonyl (C=O) groups excluding carboxylic acids is 3. The van der Waals surface area contributed by atoms with E-state index in [0.717, 1.165) is 15.2 Å². The first-order valence-electron chi connectivity index (χ1n) is 14.1. The van der Waals surface area contributed by atoms with E-state index in [-0.39, 0.29) is 44.0 Å². The summed E-state index contributed by atoms with van der Waals surface area (Å²) in [5.41, 5.74) is 2.54. The Bertz CT molecular complexity index is 1660. The molecule has 0 unspecified atom stereocenters. The summed E-state index contributed by atoms with van der Waals surface area (Å²) in [6.07, 6.45) is 0.435. The molecule has 0 spiro atoms. The number of nitrogens with zero attached hydrogens (tertiary/aromatic N) is 3. The van der Waals surface area contributed by atoms with Crippen molar-refractivity contribution in [2.75, 3.05) is 26.8 Å². The van der Waals surface area contributed by atoms with Gasteiger partial charge in [-0.3, -0.25) is 14.4 Å². The molecule has 4 aromatic rings. The van der Waals surface area contributed by atoms with Gasteiger partial charge >= 0.3 is 0 Å². The topological polar surface area (TPSA) is 136 Å². The van der Waals surface area contributed by atoms with Crippen molar-refractivity contribution in [1.29, 1.82) is 0 Å². The van der Waals surface area contributed by atoms with Crippen LogP contribution in [0.4, 0.5) is 0 Å². The van der Waals surface area contributed by atoms with E-state index < -0.39 is 11.9 Å². The number of hydrogen-bond donors (Lipinski definition) is 2. The molecule has 3 amide bonds. The van der Waals surface area contributed by atoms with E-state index in [2.05, 4.69) is 20.6 Å². The summed E-state index contributed by atoms with van der Waals surface area (Å²) in [5, 5.41) is 6.61. The van der Waals surface area contributed by atoms with Crippen LogP contribution in [-0.4, -0.2) is 65.4 Å². The summed E-state index contributed by atoms with van der Waals surface area (Å²) in [5.74, 6) is 0.701. The highest BCUT2D eigenvalue weighted by molar-refractivity contribution is 7.18. The first-order chi connectivity index (χ1) is 20.6. The summed E-state index contributed by atoms with van der Waals surface area (Å²) in [6.45, 7) is 7.80. The van der Waals surface area contributed by atoms with Crippen LogP contribution in [0.25, 0.3) is 21.7 Å². The molecular weight excluding hydrogens is 570 g/mol. The second-order valence-corrected chi connectivity index (χ2v) is 12.0. The monoisotopic (exact) mass is 605 g/mol. The number of aryl methyl sites for hydroxylation is 2. The summed E-state index contributed by atoms with van der Waals surface area (Å²) < 4.78 is 18.4. The number of aromatic nitrogens is 2. The van der Waals surface area contributed by atoms with Crippen LogP contribution < -0.4 is 20.1 Å². The van der Waals surface area contributed by atoms with Crippen LogP contribution in [0, 0.1) is 19.8 Å². The molecule has 0 radical (unpaired) electrons. The second-order valence-electron chi connectivity index (χ2n) is 10.7. The number of fused-ring (bicyclic) bond motifs is 6. The third-order valence-electron chi connectivity index (χ3n) is 7.19. The zero-order valence-corrected chi connectivity index (χ0v) is 25.7. The average Bonchev–Trinajstić information content (AvgIpc) is 3.55. The van der Waals surface area contributed by atoms with E-state index >= 15 is 0 Å². The molecule has 2 aromatic heterocycles. The third kappa shape index (κ3) is 6.80. The normalized spacial score (nSPS) is 16.7. The number of benzene rings is 2. The lowest BCUT2D eigenvalue weighted by molar-refractivity contribution is -0.130. The predicted molar refractivity (Wildman–Crippen MR) is 162 cm³/mol. The van der Waals surface area contributed by atoms with Crippen LogP contribution in [0.1, 0.15) is 47.1 Å². The Hall–Kier alpha value is -4.45. The Morgan fingerprint density at radius 3 is 2.72 bits per heavy atom. The smallest absolute Gasteiger partial charge is 0.254 e. The molecule has 0 saturated carbocycles. The molecule has 0 fully saturated rings. The molecular formula is C31H35N5O6S. The van der Waals surface area contributed by atoms with Gasteiger partial charge in [-0.25, -0.2) is 9.97 Å². The molecule has 0 saturated heterocycles. The fourth-order valence-electron chi connectivity index (χ4n) is 4.89. The molecule has 0 aliphatic carbocycles. The van der Waals surface area contributed by atoms with Gasteiger partial charge < -0.3 is 29.4 Å². The van der Waals surface area contributed by atoms with Crippen molar-refractivity contribution in [3.8, 4) is 23.0 Å². The zero-order chi connectivity index (χ0) is 30.7.